The van der Waals surface area contributed by atoms with Crippen molar-refractivity contribution >= 4 is 16.8 Å². The van der Waals surface area contributed by atoms with E-state index in [2.05, 4.69) is 15.3 Å². The number of pyridine rings is 2. The summed E-state index contributed by atoms with van der Waals surface area (Å²) in [7, 11) is 0. The maximum absolute atomic E-state index is 12.4. The number of aromatic nitrogens is 2. The Bertz CT molecular complexity index is 618. The number of amides is 1. The molecule has 0 radical (unpaired) electrons. The van der Waals surface area contributed by atoms with Crippen molar-refractivity contribution in [3.8, 4) is 0 Å². The average molecular weight is 271 g/mol. The summed E-state index contributed by atoms with van der Waals surface area (Å²) in [4.78, 5) is 20.7. The second-order valence-electron chi connectivity index (χ2n) is 5.14. The number of rotatable bonds is 3. The molecule has 20 heavy (non-hydrogen) atoms. The molecule has 5 nitrogen and oxygen atoms in total. The second kappa shape index (κ2) is 5.54. The molecule has 5 heteroatoms. The highest BCUT2D eigenvalue weighted by Crippen LogP contribution is 2.18. The van der Waals surface area contributed by atoms with Crippen molar-refractivity contribution in [1.82, 2.24) is 15.3 Å². The number of hydrogen-bond acceptors (Lipinski definition) is 4. The molecule has 1 amide bonds. The van der Waals surface area contributed by atoms with E-state index < -0.39 is 0 Å². The third-order valence-electron chi connectivity index (χ3n) is 3.82. The Kier molecular flexibility index (Phi) is 3.60. The highest BCUT2D eigenvalue weighted by atomic mass is 16.5. The Labute approximate surface area is 117 Å². The summed E-state index contributed by atoms with van der Waals surface area (Å²) in [5.41, 5.74) is 1.40. The third-order valence-corrected chi connectivity index (χ3v) is 3.82. The van der Waals surface area contributed by atoms with Gasteiger partial charge in [-0.25, -0.2) is 0 Å². The highest BCUT2D eigenvalue weighted by Gasteiger charge is 2.24. The Balaban J connectivity index is 1.81. The molecular weight excluding hydrogens is 254 g/mol. The summed E-state index contributed by atoms with van der Waals surface area (Å²) in [6.07, 6.45) is 6.01. The Morgan fingerprint density at radius 1 is 1.45 bits per heavy atom. The molecule has 2 aromatic heterocycles. The van der Waals surface area contributed by atoms with E-state index >= 15 is 0 Å². The summed E-state index contributed by atoms with van der Waals surface area (Å²) >= 11 is 0. The van der Waals surface area contributed by atoms with Crippen LogP contribution in [0.25, 0.3) is 10.9 Å². The fraction of sp³-hybridized carbons (Fsp3) is 0.400. The normalized spacial score (nSPS) is 19.9. The highest BCUT2D eigenvalue weighted by molar-refractivity contribution is 6.05. The molecule has 104 valence electrons. The summed E-state index contributed by atoms with van der Waals surface area (Å²) < 4.78 is 5.36. The number of carbonyl (C=O) groups is 1. The van der Waals surface area contributed by atoms with E-state index in [0.717, 1.165) is 30.5 Å². The van der Waals surface area contributed by atoms with Gasteiger partial charge in [0, 0.05) is 42.5 Å². The van der Waals surface area contributed by atoms with Crippen LogP contribution in [0.1, 0.15) is 23.7 Å². The molecule has 0 bridgehead atoms. The van der Waals surface area contributed by atoms with Crippen LogP contribution >= 0.6 is 0 Å². The van der Waals surface area contributed by atoms with Gasteiger partial charge < -0.3 is 10.1 Å². The zero-order valence-corrected chi connectivity index (χ0v) is 11.4. The van der Waals surface area contributed by atoms with Crippen molar-refractivity contribution in [3.63, 3.8) is 0 Å². The minimum absolute atomic E-state index is 0.0789. The van der Waals surface area contributed by atoms with Gasteiger partial charge in [-0.3, -0.25) is 14.8 Å². The van der Waals surface area contributed by atoms with Gasteiger partial charge in [0.2, 0.25) is 0 Å². The van der Waals surface area contributed by atoms with Gasteiger partial charge in [0.05, 0.1) is 17.7 Å². The van der Waals surface area contributed by atoms with Crippen LogP contribution in [0.15, 0.2) is 30.7 Å². The third kappa shape index (κ3) is 2.49. The maximum Gasteiger partial charge on any atom is 0.252 e. The van der Waals surface area contributed by atoms with E-state index in [4.69, 9.17) is 4.74 Å². The lowest BCUT2D eigenvalue weighted by atomic mass is 10.00. The summed E-state index contributed by atoms with van der Waals surface area (Å²) in [6, 6.07) is 3.64. The van der Waals surface area contributed by atoms with Crippen LogP contribution in [0.3, 0.4) is 0 Å². The van der Waals surface area contributed by atoms with E-state index in [9.17, 15) is 4.79 Å². The molecule has 0 aromatic carbocycles. The fourth-order valence-corrected chi connectivity index (χ4v) is 2.54. The Morgan fingerprint density at radius 3 is 3.15 bits per heavy atom. The van der Waals surface area contributed by atoms with E-state index in [0.29, 0.717) is 11.5 Å². The lowest BCUT2D eigenvalue weighted by Gasteiger charge is -2.19. The van der Waals surface area contributed by atoms with Crippen LogP contribution in [0, 0.1) is 5.92 Å². The quantitative estimate of drug-likeness (QED) is 0.924. The summed E-state index contributed by atoms with van der Waals surface area (Å²) in [5.74, 6) is 0.315. The molecule has 0 spiro atoms. The number of fused-ring (bicyclic) bond motifs is 1. The number of carbonyl (C=O) groups excluding carboxylic acids is 1. The fourth-order valence-electron chi connectivity index (χ4n) is 2.54. The molecule has 0 aliphatic carbocycles. The minimum atomic E-state index is -0.0789. The van der Waals surface area contributed by atoms with Crippen LogP contribution in [0.2, 0.25) is 0 Å². The van der Waals surface area contributed by atoms with Crippen molar-refractivity contribution in [2.24, 2.45) is 5.92 Å². The first-order chi connectivity index (χ1) is 9.75. The molecule has 2 aromatic rings. The van der Waals surface area contributed by atoms with Crippen LogP contribution in [-0.2, 0) is 4.74 Å². The maximum atomic E-state index is 12.4. The van der Waals surface area contributed by atoms with Crippen molar-refractivity contribution in [2.75, 3.05) is 13.2 Å². The molecule has 3 heterocycles. The zero-order chi connectivity index (χ0) is 13.9. The SMILES string of the molecule is C[C@@H](NC(=O)c1ccnc2ccncc12)[C@H]1CCOC1. The van der Waals surface area contributed by atoms with Crippen LogP contribution in [0.5, 0.6) is 0 Å². The van der Waals surface area contributed by atoms with Gasteiger partial charge in [-0.15, -0.1) is 0 Å². The summed E-state index contributed by atoms with van der Waals surface area (Å²) in [6.45, 7) is 3.53. The Morgan fingerprint density at radius 2 is 2.35 bits per heavy atom. The van der Waals surface area contributed by atoms with E-state index in [1.807, 2.05) is 6.92 Å². The van der Waals surface area contributed by atoms with Gasteiger partial charge in [-0.05, 0) is 25.5 Å². The molecule has 1 aliphatic heterocycles. The van der Waals surface area contributed by atoms with Crippen molar-refractivity contribution in [2.45, 2.75) is 19.4 Å². The molecular formula is C15H17N3O2. The predicted octanol–water partition coefficient (Wildman–Crippen LogP) is 1.78. The largest absolute Gasteiger partial charge is 0.381 e. The lowest BCUT2D eigenvalue weighted by molar-refractivity contribution is 0.0924. The van der Waals surface area contributed by atoms with Crippen molar-refractivity contribution in [3.05, 3.63) is 36.3 Å². The first-order valence-corrected chi connectivity index (χ1v) is 6.83. The van der Waals surface area contributed by atoms with Crippen LogP contribution in [0.4, 0.5) is 0 Å². The monoisotopic (exact) mass is 271 g/mol. The van der Waals surface area contributed by atoms with Gasteiger partial charge in [-0.2, -0.15) is 0 Å². The first kappa shape index (κ1) is 13.0. The molecule has 2 atom stereocenters. The Hall–Kier alpha value is -2.01. The van der Waals surface area contributed by atoms with Gasteiger partial charge in [0.1, 0.15) is 0 Å². The van der Waals surface area contributed by atoms with Gasteiger partial charge in [-0.1, -0.05) is 0 Å². The topological polar surface area (TPSA) is 64.1 Å². The smallest absolute Gasteiger partial charge is 0.252 e. The molecule has 1 aliphatic rings. The van der Waals surface area contributed by atoms with Crippen molar-refractivity contribution < 1.29 is 9.53 Å². The molecule has 0 unspecified atom stereocenters. The van der Waals surface area contributed by atoms with Crippen LogP contribution < -0.4 is 5.32 Å². The van der Waals surface area contributed by atoms with Crippen molar-refractivity contribution in [1.29, 1.82) is 0 Å². The van der Waals surface area contributed by atoms with Gasteiger partial charge in [0.15, 0.2) is 0 Å². The summed E-state index contributed by atoms with van der Waals surface area (Å²) in [5, 5.41) is 3.84. The number of hydrogen-bond donors (Lipinski definition) is 1. The number of nitrogens with zero attached hydrogens (tertiary/aromatic N) is 2. The molecule has 1 fully saturated rings. The molecule has 1 N–H and O–H groups in total. The molecule has 1 saturated heterocycles. The van der Waals surface area contributed by atoms with Gasteiger partial charge in [0.25, 0.3) is 5.91 Å². The minimum Gasteiger partial charge on any atom is -0.381 e. The lowest BCUT2D eigenvalue weighted by Crippen LogP contribution is -2.38. The van der Waals surface area contributed by atoms with Gasteiger partial charge >= 0.3 is 0 Å². The number of ether oxygens (including phenoxy) is 1. The van der Waals surface area contributed by atoms with Crippen LogP contribution in [-0.4, -0.2) is 35.1 Å². The molecule has 3 rings (SSSR count). The van der Waals surface area contributed by atoms with E-state index in [1.54, 1.807) is 30.7 Å². The predicted molar refractivity (Wildman–Crippen MR) is 75.4 cm³/mol. The zero-order valence-electron chi connectivity index (χ0n) is 11.4. The second-order valence-corrected chi connectivity index (χ2v) is 5.14. The number of nitrogens with one attached hydrogen (secondary N) is 1. The van der Waals surface area contributed by atoms with E-state index in [-0.39, 0.29) is 11.9 Å². The first-order valence-electron chi connectivity index (χ1n) is 6.83. The standard InChI is InChI=1S/C15H17N3O2/c1-10(11-4-7-20-9-11)18-15(19)12-2-6-17-14-3-5-16-8-13(12)14/h2-3,5-6,8,10-11H,4,7,9H2,1H3,(H,18,19)/t10-,11+/m1/s1. The molecule has 0 saturated carbocycles. The van der Waals surface area contributed by atoms with E-state index in [1.165, 1.54) is 0 Å². The average Bonchev–Trinajstić information content (AvgIpc) is 3.01.